The van der Waals surface area contributed by atoms with Gasteiger partial charge in [0, 0.05) is 5.57 Å². The molecule has 0 aromatic carbocycles. The molecule has 5 nitrogen and oxygen atoms in total. The Labute approximate surface area is 108 Å². The molecule has 0 atom stereocenters. The molecule has 5 heteroatoms. The lowest BCUT2D eigenvalue weighted by atomic mass is 10.1. The van der Waals surface area contributed by atoms with Gasteiger partial charge in [0.15, 0.2) is 0 Å². The third-order valence-corrected chi connectivity index (χ3v) is 1.64. The van der Waals surface area contributed by atoms with Crippen LogP contribution in [0.2, 0.25) is 0 Å². The minimum atomic E-state index is -0.924. The average Bonchev–Trinajstić information content (AvgIpc) is 2.11. The number of hydrogen-bond acceptors (Lipinski definition) is 5. The first kappa shape index (κ1) is 16.5. The molecule has 0 unspecified atom stereocenters. The molecule has 18 heavy (non-hydrogen) atoms. The van der Waals surface area contributed by atoms with Gasteiger partial charge in [-0.15, -0.1) is 0 Å². The lowest BCUT2D eigenvalue weighted by Gasteiger charge is -2.25. The van der Waals surface area contributed by atoms with Crippen LogP contribution in [0, 0.1) is 0 Å². The molecule has 0 spiro atoms. The lowest BCUT2D eigenvalue weighted by molar-refractivity contribution is -0.156. The molecule has 0 saturated heterocycles. The Morgan fingerprint density at radius 3 is 1.94 bits per heavy atom. The minimum Gasteiger partial charge on any atom is -0.453 e. The summed E-state index contributed by atoms with van der Waals surface area (Å²) < 4.78 is 15.0. The molecule has 104 valence electrons. The standard InChI is InChI=1S/C13H22O5/c1-9(2)10(14)17-13(6,7)8-16-11(15)18-12(3,4)5/h1,8H2,2-7H3. The van der Waals surface area contributed by atoms with Gasteiger partial charge < -0.3 is 14.2 Å². The fourth-order valence-corrected chi connectivity index (χ4v) is 0.880. The van der Waals surface area contributed by atoms with Gasteiger partial charge in [-0.3, -0.25) is 0 Å². The van der Waals surface area contributed by atoms with Gasteiger partial charge in [-0.2, -0.15) is 0 Å². The molecule has 0 saturated carbocycles. The molecule has 0 bridgehead atoms. The zero-order valence-corrected chi connectivity index (χ0v) is 12.0. The molecule has 0 N–H and O–H groups in total. The fraction of sp³-hybridized carbons (Fsp3) is 0.692. The van der Waals surface area contributed by atoms with E-state index in [1.54, 1.807) is 41.5 Å². The highest BCUT2D eigenvalue weighted by molar-refractivity contribution is 5.87. The molecule has 0 aromatic heterocycles. The summed E-state index contributed by atoms with van der Waals surface area (Å²) in [5.74, 6) is -0.521. The van der Waals surface area contributed by atoms with E-state index in [1.807, 2.05) is 0 Å². The van der Waals surface area contributed by atoms with Crippen molar-refractivity contribution < 1.29 is 23.8 Å². The molecule has 0 aliphatic carbocycles. The van der Waals surface area contributed by atoms with Crippen LogP contribution in [0.3, 0.4) is 0 Å². The van der Waals surface area contributed by atoms with E-state index in [1.165, 1.54) is 0 Å². The number of carbonyl (C=O) groups is 2. The third-order valence-electron chi connectivity index (χ3n) is 1.64. The smallest absolute Gasteiger partial charge is 0.453 e. The highest BCUT2D eigenvalue weighted by Gasteiger charge is 2.27. The highest BCUT2D eigenvalue weighted by Crippen LogP contribution is 2.14. The van der Waals surface area contributed by atoms with E-state index in [0.29, 0.717) is 5.57 Å². The van der Waals surface area contributed by atoms with Crippen molar-refractivity contribution in [1.29, 1.82) is 0 Å². The number of carbonyl (C=O) groups excluding carboxylic acids is 2. The van der Waals surface area contributed by atoms with E-state index in [9.17, 15) is 9.59 Å². The van der Waals surface area contributed by atoms with Gasteiger partial charge in [0.25, 0.3) is 0 Å². The van der Waals surface area contributed by atoms with Crippen molar-refractivity contribution in [2.24, 2.45) is 0 Å². The van der Waals surface area contributed by atoms with Crippen LogP contribution in [0.25, 0.3) is 0 Å². The Morgan fingerprint density at radius 2 is 1.56 bits per heavy atom. The summed E-state index contributed by atoms with van der Waals surface area (Å²) in [7, 11) is 0. The van der Waals surface area contributed by atoms with Crippen molar-refractivity contribution in [3.8, 4) is 0 Å². The monoisotopic (exact) mass is 258 g/mol. The summed E-state index contributed by atoms with van der Waals surface area (Å²) >= 11 is 0. The number of hydrogen-bond donors (Lipinski definition) is 0. The van der Waals surface area contributed by atoms with Crippen LogP contribution >= 0.6 is 0 Å². The van der Waals surface area contributed by atoms with E-state index in [2.05, 4.69) is 6.58 Å². The summed E-state index contributed by atoms with van der Waals surface area (Å²) in [5.41, 5.74) is -1.25. The Balaban J connectivity index is 4.23. The van der Waals surface area contributed by atoms with E-state index in [4.69, 9.17) is 14.2 Å². The van der Waals surface area contributed by atoms with Crippen molar-refractivity contribution in [3.63, 3.8) is 0 Å². The summed E-state index contributed by atoms with van der Waals surface area (Å²) in [4.78, 5) is 22.7. The van der Waals surface area contributed by atoms with Crippen molar-refractivity contribution in [2.45, 2.75) is 52.7 Å². The first-order chi connectivity index (χ1) is 7.93. The predicted octanol–water partition coefficient (Wildman–Crippen LogP) is 2.84. The zero-order valence-electron chi connectivity index (χ0n) is 12.0. The fourth-order valence-electron chi connectivity index (χ4n) is 0.880. The second-order valence-electron chi connectivity index (χ2n) is 5.68. The molecule has 0 fully saturated rings. The van der Waals surface area contributed by atoms with Gasteiger partial charge in [0.05, 0.1) is 0 Å². The SMILES string of the molecule is C=C(C)C(=O)OC(C)(C)COC(=O)OC(C)(C)C. The van der Waals surface area contributed by atoms with Crippen molar-refractivity contribution in [3.05, 3.63) is 12.2 Å². The summed E-state index contributed by atoms with van der Waals surface area (Å²) in [6.07, 6.45) is -0.790. The molecule has 0 aliphatic heterocycles. The lowest BCUT2D eigenvalue weighted by Crippen LogP contribution is -2.36. The summed E-state index contributed by atoms with van der Waals surface area (Å²) in [5, 5.41) is 0. The second kappa shape index (κ2) is 5.89. The maximum absolute atomic E-state index is 11.3. The van der Waals surface area contributed by atoms with Crippen LogP contribution in [0.5, 0.6) is 0 Å². The largest absolute Gasteiger partial charge is 0.508 e. The molecular formula is C13H22O5. The number of rotatable bonds is 4. The molecule has 0 radical (unpaired) electrons. The number of ether oxygens (including phenoxy) is 3. The maximum Gasteiger partial charge on any atom is 0.508 e. The normalized spacial score (nSPS) is 11.7. The van der Waals surface area contributed by atoms with Gasteiger partial charge in [-0.25, -0.2) is 9.59 Å². The minimum absolute atomic E-state index is 0.0824. The van der Waals surface area contributed by atoms with E-state index < -0.39 is 23.3 Å². The molecule has 0 aliphatic rings. The van der Waals surface area contributed by atoms with E-state index in [-0.39, 0.29) is 6.61 Å². The van der Waals surface area contributed by atoms with Crippen molar-refractivity contribution in [1.82, 2.24) is 0 Å². The van der Waals surface area contributed by atoms with Crippen LogP contribution in [0.1, 0.15) is 41.5 Å². The van der Waals surface area contributed by atoms with Crippen LogP contribution in [0.4, 0.5) is 4.79 Å². The predicted molar refractivity (Wildman–Crippen MR) is 67.2 cm³/mol. The Bertz CT molecular complexity index is 336. The van der Waals surface area contributed by atoms with Crippen LogP contribution in [0.15, 0.2) is 12.2 Å². The Hall–Kier alpha value is -1.52. The van der Waals surface area contributed by atoms with E-state index >= 15 is 0 Å². The van der Waals surface area contributed by atoms with Gasteiger partial charge in [-0.1, -0.05) is 6.58 Å². The Morgan fingerprint density at radius 1 is 1.06 bits per heavy atom. The summed E-state index contributed by atoms with van der Waals surface area (Å²) in [6.45, 7) is 13.4. The van der Waals surface area contributed by atoms with Crippen molar-refractivity contribution >= 4 is 12.1 Å². The number of esters is 1. The second-order valence-corrected chi connectivity index (χ2v) is 5.68. The molecule has 0 rings (SSSR count). The van der Waals surface area contributed by atoms with Gasteiger partial charge >= 0.3 is 12.1 Å². The zero-order chi connectivity index (χ0) is 14.6. The molecule has 0 heterocycles. The summed E-state index contributed by atoms with van der Waals surface area (Å²) in [6, 6.07) is 0. The molecular weight excluding hydrogens is 236 g/mol. The highest BCUT2D eigenvalue weighted by atomic mass is 16.7. The maximum atomic E-state index is 11.3. The van der Waals surface area contributed by atoms with E-state index in [0.717, 1.165) is 0 Å². The third kappa shape index (κ3) is 7.70. The Kier molecular flexibility index (Phi) is 5.39. The van der Waals surface area contributed by atoms with Crippen molar-refractivity contribution in [2.75, 3.05) is 6.61 Å². The van der Waals surface area contributed by atoms with Gasteiger partial charge in [-0.05, 0) is 41.5 Å². The molecule has 0 aromatic rings. The topological polar surface area (TPSA) is 61.8 Å². The first-order valence-corrected chi connectivity index (χ1v) is 5.67. The van der Waals surface area contributed by atoms with Crippen LogP contribution < -0.4 is 0 Å². The van der Waals surface area contributed by atoms with Gasteiger partial charge in [0.1, 0.15) is 17.8 Å². The van der Waals surface area contributed by atoms with Gasteiger partial charge in [0.2, 0.25) is 0 Å². The quantitative estimate of drug-likeness (QED) is 0.573. The van der Waals surface area contributed by atoms with Crippen LogP contribution in [-0.4, -0.2) is 29.9 Å². The average molecular weight is 258 g/mol. The first-order valence-electron chi connectivity index (χ1n) is 5.67. The molecule has 0 amide bonds. The van der Waals surface area contributed by atoms with Crippen LogP contribution in [-0.2, 0) is 19.0 Å².